The lowest BCUT2D eigenvalue weighted by Gasteiger charge is -2.12. The van der Waals surface area contributed by atoms with Crippen LogP contribution in [0.2, 0.25) is 5.02 Å². The maximum atomic E-state index is 13.2. The second-order valence-corrected chi connectivity index (χ2v) is 5.47. The van der Waals surface area contributed by atoms with Crippen molar-refractivity contribution in [2.45, 2.75) is 25.4 Å². The largest absolute Gasteiger partial charge is 0.309 e. The molecular formula is C16H15ClFN. The van der Waals surface area contributed by atoms with Crippen LogP contribution >= 0.6 is 11.6 Å². The minimum atomic E-state index is -0.279. The Hall–Kier alpha value is -1.38. The Morgan fingerprint density at radius 1 is 1.11 bits per heavy atom. The fourth-order valence-corrected chi connectivity index (χ4v) is 2.92. The Bertz CT molecular complexity index is 552. The minimum absolute atomic E-state index is 0.279. The number of nitrogens with one attached hydrogen (secondary N) is 1. The standard InChI is InChI=1S/C16H15ClFN/c17-14-5-11(6-15(18)9-14)10-19-16-7-12-3-1-2-4-13(12)8-16/h1-6,9,16,19H,7-8,10H2. The molecule has 0 saturated carbocycles. The molecule has 0 saturated heterocycles. The smallest absolute Gasteiger partial charge is 0.125 e. The van der Waals surface area contributed by atoms with Crippen molar-refractivity contribution >= 4 is 11.6 Å². The van der Waals surface area contributed by atoms with Crippen LogP contribution in [0.4, 0.5) is 4.39 Å². The fourth-order valence-electron chi connectivity index (χ4n) is 2.68. The normalized spacial score (nSPS) is 14.6. The van der Waals surface area contributed by atoms with Gasteiger partial charge in [0.25, 0.3) is 0 Å². The summed E-state index contributed by atoms with van der Waals surface area (Å²) in [6, 6.07) is 13.6. The van der Waals surface area contributed by atoms with E-state index in [4.69, 9.17) is 11.6 Å². The van der Waals surface area contributed by atoms with Gasteiger partial charge >= 0.3 is 0 Å². The van der Waals surface area contributed by atoms with Gasteiger partial charge in [-0.1, -0.05) is 35.9 Å². The van der Waals surface area contributed by atoms with Crippen molar-refractivity contribution in [3.8, 4) is 0 Å². The molecule has 3 heteroatoms. The van der Waals surface area contributed by atoms with Crippen LogP contribution in [0.3, 0.4) is 0 Å². The Morgan fingerprint density at radius 3 is 2.42 bits per heavy atom. The van der Waals surface area contributed by atoms with Crippen molar-refractivity contribution in [1.82, 2.24) is 5.32 Å². The van der Waals surface area contributed by atoms with E-state index in [1.807, 2.05) is 0 Å². The number of fused-ring (bicyclic) bond motifs is 1. The van der Waals surface area contributed by atoms with Crippen LogP contribution in [-0.2, 0) is 19.4 Å². The third kappa shape index (κ3) is 2.96. The van der Waals surface area contributed by atoms with Crippen molar-refractivity contribution in [1.29, 1.82) is 0 Å². The van der Waals surface area contributed by atoms with E-state index in [0.29, 0.717) is 17.6 Å². The molecule has 0 radical (unpaired) electrons. The van der Waals surface area contributed by atoms with Gasteiger partial charge in [0.15, 0.2) is 0 Å². The summed E-state index contributed by atoms with van der Waals surface area (Å²) in [5, 5.41) is 3.92. The average molecular weight is 276 g/mol. The molecule has 0 aliphatic heterocycles. The maximum Gasteiger partial charge on any atom is 0.125 e. The number of hydrogen-bond acceptors (Lipinski definition) is 1. The first-order valence-corrected chi connectivity index (χ1v) is 6.83. The number of halogens is 2. The van der Waals surface area contributed by atoms with Gasteiger partial charge in [-0.25, -0.2) is 4.39 Å². The third-order valence-electron chi connectivity index (χ3n) is 3.57. The first-order valence-electron chi connectivity index (χ1n) is 6.46. The Labute approximate surface area is 117 Å². The molecule has 0 unspecified atom stereocenters. The summed E-state index contributed by atoms with van der Waals surface area (Å²) < 4.78 is 13.2. The molecule has 0 spiro atoms. The summed E-state index contributed by atoms with van der Waals surface area (Å²) in [7, 11) is 0. The Morgan fingerprint density at radius 2 is 1.79 bits per heavy atom. The molecule has 98 valence electrons. The van der Waals surface area contributed by atoms with Crippen molar-refractivity contribution < 1.29 is 4.39 Å². The van der Waals surface area contributed by atoms with E-state index in [1.165, 1.54) is 23.3 Å². The third-order valence-corrected chi connectivity index (χ3v) is 3.79. The molecule has 0 atom stereocenters. The molecule has 0 fully saturated rings. The molecule has 1 aliphatic rings. The van der Waals surface area contributed by atoms with Crippen LogP contribution in [0, 0.1) is 5.82 Å². The zero-order valence-electron chi connectivity index (χ0n) is 10.5. The lowest BCUT2D eigenvalue weighted by atomic mass is 10.1. The van der Waals surface area contributed by atoms with Gasteiger partial charge in [0.2, 0.25) is 0 Å². The molecule has 0 heterocycles. The zero-order chi connectivity index (χ0) is 13.2. The Balaban J connectivity index is 1.62. The lowest BCUT2D eigenvalue weighted by Crippen LogP contribution is -2.28. The van der Waals surface area contributed by atoms with Crippen LogP contribution in [0.1, 0.15) is 16.7 Å². The highest BCUT2D eigenvalue weighted by Gasteiger charge is 2.20. The molecule has 1 nitrogen and oxygen atoms in total. The van der Waals surface area contributed by atoms with E-state index < -0.39 is 0 Å². The average Bonchev–Trinajstić information content (AvgIpc) is 2.78. The van der Waals surface area contributed by atoms with E-state index >= 15 is 0 Å². The zero-order valence-corrected chi connectivity index (χ0v) is 11.3. The Kier molecular flexibility index (Phi) is 3.54. The first kappa shape index (κ1) is 12.6. The molecule has 3 rings (SSSR count). The van der Waals surface area contributed by atoms with Crippen molar-refractivity contribution in [2.24, 2.45) is 0 Å². The molecule has 0 aromatic heterocycles. The van der Waals surface area contributed by atoms with Crippen LogP contribution in [0.25, 0.3) is 0 Å². The van der Waals surface area contributed by atoms with Crippen LogP contribution in [0.5, 0.6) is 0 Å². The highest BCUT2D eigenvalue weighted by Crippen LogP contribution is 2.22. The number of hydrogen-bond donors (Lipinski definition) is 1. The predicted molar refractivity (Wildman–Crippen MR) is 75.9 cm³/mol. The molecule has 2 aromatic rings. The summed E-state index contributed by atoms with van der Waals surface area (Å²) in [6.07, 6.45) is 2.08. The lowest BCUT2D eigenvalue weighted by molar-refractivity contribution is 0.530. The summed E-state index contributed by atoms with van der Waals surface area (Å²) in [4.78, 5) is 0. The molecule has 1 aliphatic carbocycles. The highest BCUT2D eigenvalue weighted by molar-refractivity contribution is 6.30. The predicted octanol–water partition coefficient (Wildman–Crippen LogP) is 3.74. The molecule has 2 aromatic carbocycles. The number of rotatable bonds is 3. The molecule has 1 N–H and O–H groups in total. The maximum absolute atomic E-state index is 13.2. The number of benzene rings is 2. The second kappa shape index (κ2) is 5.32. The van der Waals surface area contributed by atoms with Gasteiger partial charge < -0.3 is 5.32 Å². The molecular weight excluding hydrogens is 261 g/mol. The van der Waals surface area contributed by atoms with Crippen molar-refractivity contribution in [2.75, 3.05) is 0 Å². The van der Waals surface area contributed by atoms with Gasteiger partial charge in [0.05, 0.1) is 0 Å². The van der Waals surface area contributed by atoms with E-state index in [2.05, 4.69) is 29.6 Å². The summed E-state index contributed by atoms with van der Waals surface area (Å²) >= 11 is 5.85. The van der Waals surface area contributed by atoms with E-state index in [0.717, 1.165) is 18.4 Å². The second-order valence-electron chi connectivity index (χ2n) is 5.03. The highest BCUT2D eigenvalue weighted by atomic mass is 35.5. The van der Waals surface area contributed by atoms with Crippen molar-refractivity contribution in [3.63, 3.8) is 0 Å². The molecule has 19 heavy (non-hydrogen) atoms. The van der Waals surface area contributed by atoms with E-state index in [1.54, 1.807) is 6.07 Å². The van der Waals surface area contributed by atoms with Crippen LogP contribution in [-0.4, -0.2) is 6.04 Å². The summed E-state index contributed by atoms with van der Waals surface area (Å²) in [5.74, 6) is -0.279. The monoisotopic (exact) mass is 275 g/mol. The van der Waals surface area contributed by atoms with Gasteiger partial charge in [-0.2, -0.15) is 0 Å². The van der Waals surface area contributed by atoms with Gasteiger partial charge in [0, 0.05) is 17.6 Å². The molecule has 0 bridgehead atoms. The van der Waals surface area contributed by atoms with Crippen molar-refractivity contribution in [3.05, 3.63) is 70.0 Å². The van der Waals surface area contributed by atoms with Gasteiger partial charge in [-0.3, -0.25) is 0 Å². The SMILES string of the molecule is Fc1cc(Cl)cc(CNC2Cc3ccccc3C2)c1. The fraction of sp³-hybridized carbons (Fsp3) is 0.250. The summed E-state index contributed by atoms with van der Waals surface area (Å²) in [6.45, 7) is 0.649. The minimum Gasteiger partial charge on any atom is -0.309 e. The van der Waals surface area contributed by atoms with Gasteiger partial charge in [-0.15, -0.1) is 0 Å². The quantitative estimate of drug-likeness (QED) is 0.900. The first-order chi connectivity index (χ1) is 9.20. The van der Waals surface area contributed by atoms with Crippen LogP contribution in [0.15, 0.2) is 42.5 Å². The van der Waals surface area contributed by atoms with E-state index in [-0.39, 0.29) is 5.82 Å². The molecule has 0 amide bonds. The van der Waals surface area contributed by atoms with Gasteiger partial charge in [0.1, 0.15) is 5.82 Å². The van der Waals surface area contributed by atoms with Crippen LogP contribution < -0.4 is 5.32 Å². The topological polar surface area (TPSA) is 12.0 Å². The van der Waals surface area contributed by atoms with E-state index in [9.17, 15) is 4.39 Å². The summed E-state index contributed by atoms with van der Waals surface area (Å²) in [5.41, 5.74) is 3.72. The van der Waals surface area contributed by atoms with Gasteiger partial charge in [-0.05, 0) is 47.7 Å².